The van der Waals surface area contributed by atoms with Gasteiger partial charge in [-0.05, 0) is 16.5 Å². The van der Waals surface area contributed by atoms with Gasteiger partial charge in [0.15, 0.2) is 0 Å². The second kappa shape index (κ2) is 5.41. The molecule has 4 heteroatoms. The first-order chi connectivity index (χ1) is 9.24. The Kier molecular flexibility index (Phi) is 4.17. The summed E-state index contributed by atoms with van der Waals surface area (Å²) in [5.74, 6) is -2.78. The number of rotatable bonds is 3. The summed E-state index contributed by atoms with van der Waals surface area (Å²) in [6, 6.07) is 5.36. The van der Waals surface area contributed by atoms with Crippen LogP contribution in [0.25, 0.3) is 0 Å². The summed E-state index contributed by atoms with van der Waals surface area (Å²) >= 11 is 0. The van der Waals surface area contributed by atoms with Gasteiger partial charge in [-0.15, -0.1) is 0 Å². The zero-order chi connectivity index (χ0) is 15.0. The topological polar surface area (TPSA) is 12.5 Å². The summed E-state index contributed by atoms with van der Waals surface area (Å²) in [6.45, 7) is 7.64. The molecule has 0 N–H and O–H groups in total. The summed E-state index contributed by atoms with van der Waals surface area (Å²) in [4.78, 5) is 1.76. The fraction of sp³-hybridized carbons (Fsp3) is 0.625. The Morgan fingerprint density at radius 1 is 1.30 bits per heavy atom. The molecule has 0 radical (unpaired) electrons. The first-order valence-corrected chi connectivity index (χ1v) is 6.97. The Labute approximate surface area is 119 Å². The maximum atomic E-state index is 14.2. The van der Waals surface area contributed by atoms with Gasteiger partial charge in [-0.1, -0.05) is 39.0 Å². The number of hydrogen-bond acceptors (Lipinski definition) is 2. The van der Waals surface area contributed by atoms with Crippen LogP contribution in [0.1, 0.15) is 37.5 Å². The van der Waals surface area contributed by atoms with E-state index < -0.39 is 5.92 Å². The Hall–Kier alpha value is -1.00. The molecule has 0 aromatic heterocycles. The Balaban J connectivity index is 2.32. The average Bonchev–Trinajstić information content (AvgIpc) is 2.34. The average molecular weight is 283 g/mol. The fourth-order valence-electron chi connectivity index (χ4n) is 2.59. The number of alkyl halides is 2. The fourth-order valence-corrected chi connectivity index (χ4v) is 2.59. The highest BCUT2D eigenvalue weighted by Crippen LogP contribution is 2.38. The van der Waals surface area contributed by atoms with Crippen LogP contribution in [0.4, 0.5) is 8.78 Å². The van der Waals surface area contributed by atoms with E-state index in [2.05, 4.69) is 20.8 Å². The number of benzene rings is 1. The van der Waals surface area contributed by atoms with Crippen molar-refractivity contribution in [3.63, 3.8) is 0 Å². The molecule has 1 heterocycles. The predicted molar refractivity (Wildman–Crippen MR) is 76.2 cm³/mol. The monoisotopic (exact) mass is 283 g/mol. The van der Waals surface area contributed by atoms with Crippen molar-refractivity contribution in [1.29, 1.82) is 0 Å². The number of hydrogen-bond donors (Lipinski definition) is 0. The number of fused-ring (bicyclic) bond motifs is 1. The van der Waals surface area contributed by atoms with E-state index >= 15 is 0 Å². The number of methoxy groups -OCH3 is 1. The molecule has 0 fully saturated rings. The van der Waals surface area contributed by atoms with Gasteiger partial charge in [0.2, 0.25) is 0 Å². The van der Waals surface area contributed by atoms with E-state index in [4.69, 9.17) is 4.74 Å². The first-order valence-electron chi connectivity index (χ1n) is 6.97. The molecule has 0 atom stereocenters. The highest BCUT2D eigenvalue weighted by Gasteiger charge is 2.40. The molecule has 1 aliphatic heterocycles. The molecule has 0 amide bonds. The molecule has 1 aliphatic rings. The molecular formula is C16H23F2NO. The molecule has 20 heavy (non-hydrogen) atoms. The van der Waals surface area contributed by atoms with E-state index in [9.17, 15) is 8.78 Å². The highest BCUT2D eigenvalue weighted by atomic mass is 19.3. The van der Waals surface area contributed by atoms with Gasteiger partial charge in [-0.2, -0.15) is 8.78 Å². The van der Waals surface area contributed by atoms with E-state index in [1.165, 1.54) is 0 Å². The normalized spacial score (nSPS) is 18.9. The van der Waals surface area contributed by atoms with Crippen molar-refractivity contribution >= 4 is 0 Å². The Bertz CT molecular complexity index is 480. The third-order valence-corrected chi connectivity index (χ3v) is 3.79. The van der Waals surface area contributed by atoms with Crippen molar-refractivity contribution in [1.82, 2.24) is 4.90 Å². The van der Waals surface area contributed by atoms with Gasteiger partial charge in [-0.3, -0.25) is 4.90 Å². The van der Waals surface area contributed by atoms with Crippen molar-refractivity contribution < 1.29 is 13.5 Å². The Morgan fingerprint density at radius 2 is 2.00 bits per heavy atom. The highest BCUT2D eigenvalue weighted by molar-refractivity contribution is 5.39. The van der Waals surface area contributed by atoms with Crippen molar-refractivity contribution in [2.45, 2.75) is 38.7 Å². The summed E-state index contributed by atoms with van der Waals surface area (Å²) in [5.41, 5.74) is 1.99. The van der Waals surface area contributed by atoms with Gasteiger partial charge in [0.25, 0.3) is 5.92 Å². The van der Waals surface area contributed by atoms with E-state index in [0.717, 1.165) is 11.1 Å². The minimum absolute atomic E-state index is 0.0286. The van der Waals surface area contributed by atoms with E-state index in [1.807, 2.05) is 12.1 Å². The number of halogens is 2. The van der Waals surface area contributed by atoms with E-state index in [-0.39, 0.29) is 17.5 Å². The van der Waals surface area contributed by atoms with Gasteiger partial charge < -0.3 is 4.74 Å². The predicted octanol–water partition coefficient (Wildman–Crippen LogP) is 3.54. The first kappa shape index (κ1) is 15.4. The third kappa shape index (κ3) is 3.18. The lowest BCUT2D eigenvalue weighted by atomic mass is 9.83. The lowest BCUT2D eigenvalue weighted by Crippen LogP contribution is -2.42. The molecule has 0 unspecified atom stereocenters. The van der Waals surface area contributed by atoms with Crippen molar-refractivity contribution in [3.8, 4) is 0 Å². The van der Waals surface area contributed by atoms with Crippen LogP contribution in [0.5, 0.6) is 0 Å². The molecular weight excluding hydrogens is 260 g/mol. The molecule has 0 saturated heterocycles. The zero-order valence-electron chi connectivity index (χ0n) is 12.7. The SMILES string of the molecule is COCCN1Cc2cc(C(C)(C)C)ccc2C(F)(F)C1. The van der Waals surface area contributed by atoms with Gasteiger partial charge >= 0.3 is 0 Å². The molecule has 0 saturated carbocycles. The smallest absolute Gasteiger partial charge is 0.285 e. The second-order valence-corrected chi connectivity index (χ2v) is 6.53. The number of nitrogens with zero attached hydrogens (tertiary/aromatic N) is 1. The number of ether oxygens (including phenoxy) is 1. The van der Waals surface area contributed by atoms with Crippen LogP contribution in [0.15, 0.2) is 18.2 Å². The lowest BCUT2D eigenvalue weighted by molar-refractivity contribution is -0.0560. The van der Waals surface area contributed by atoms with Crippen molar-refractivity contribution in [2.75, 3.05) is 26.8 Å². The Morgan fingerprint density at radius 3 is 2.60 bits per heavy atom. The molecule has 0 spiro atoms. The molecule has 0 bridgehead atoms. The largest absolute Gasteiger partial charge is 0.383 e. The summed E-state index contributed by atoms with van der Waals surface area (Å²) in [7, 11) is 1.59. The van der Waals surface area contributed by atoms with Gasteiger partial charge in [-0.25, -0.2) is 0 Å². The van der Waals surface area contributed by atoms with Crippen LogP contribution < -0.4 is 0 Å². The molecule has 1 aromatic carbocycles. The second-order valence-electron chi connectivity index (χ2n) is 6.53. The maximum absolute atomic E-state index is 14.2. The van der Waals surface area contributed by atoms with Crippen LogP contribution in [-0.4, -0.2) is 31.7 Å². The molecule has 2 rings (SSSR count). The molecule has 0 aliphatic carbocycles. The molecule has 2 nitrogen and oxygen atoms in total. The standard InChI is InChI=1S/C16H23F2NO/c1-15(2,3)13-5-6-14-12(9-13)10-19(7-8-20-4)11-16(14,17)18/h5-6,9H,7-8,10-11H2,1-4H3. The summed E-state index contributed by atoms with van der Waals surface area (Å²) in [6.07, 6.45) is 0. The van der Waals surface area contributed by atoms with Crippen LogP contribution in [-0.2, 0) is 22.6 Å². The van der Waals surface area contributed by atoms with Crippen molar-refractivity contribution in [2.24, 2.45) is 0 Å². The lowest BCUT2D eigenvalue weighted by Gasteiger charge is -2.35. The molecule has 1 aromatic rings. The van der Waals surface area contributed by atoms with Crippen molar-refractivity contribution in [3.05, 3.63) is 34.9 Å². The van der Waals surface area contributed by atoms with Gasteiger partial charge in [0.1, 0.15) is 0 Å². The minimum atomic E-state index is -2.78. The van der Waals surface area contributed by atoms with Crippen LogP contribution >= 0.6 is 0 Å². The minimum Gasteiger partial charge on any atom is -0.383 e. The molecule has 112 valence electrons. The maximum Gasteiger partial charge on any atom is 0.285 e. The van der Waals surface area contributed by atoms with Crippen LogP contribution in [0.3, 0.4) is 0 Å². The van der Waals surface area contributed by atoms with Crippen LogP contribution in [0, 0.1) is 0 Å². The van der Waals surface area contributed by atoms with Gasteiger partial charge in [0.05, 0.1) is 13.2 Å². The summed E-state index contributed by atoms with van der Waals surface area (Å²) < 4.78 is 33.4. The van der Waals surface area contributed by atoms with E-state index in [1.54, 1.807) is 18.1 Å². The van der Waals surface area contributed by atoms with Gasteiger partial charge in [0, 0.05) is 25.8 Å². The van der Waals surface area contributed by atoms with E-state index in [0.29, 0.717) is 19.7 Å². The quantitative estimate of drug-likeness (QED) is 0.841. The summed E-state index contributed by atoms with van der Waals surface area (Å²) in [5, 5.41) is 0. The third-order valence-electron chi connectivity index (χ3n) is 3.79. The zero-order valence-corrected chi connectivity index (χ0v) is 12.7. The van der Waals surface area contributed by atoms with Crippen LogP contribution in [0.2, 0.25) is 0 Å².